The van der Waals surface area contributed by atoms with Crippen LogP contribution in [0.3, 0.4) is 0 Å². The first-order chi connectivity index (χ1) is 9.76. The molecule has 0 saturated heterocycles. The Labute approximate surface area is 119 Å². The molecule has 0 aromatic heterocycles. The van der Waals surface area contributed by atoms with Crippen LogP contribution in [0.15, 0.2) is 24.3 Å². The van der Waals surface area contributed by atoms with Crippen molar-refractivity contribution in [3.8, 4) is 5.75 Å². The number of carbonyl (C=O) groups is 1. The Morgan fingerprint density at radius 3 is 2.60 bits per heavy atom. The maximum Gasteiger partial charge on any atom is 0.223 e. The lowest BCUT2D eigenvalue weighted by molar-refractivity contribution is -0.121. The maximum absolute atomic E-state index is 11.5. The van der Waals surface area contributed by atoms with Gasteiger partial charge in [0, 0.05) is 6.54 Å². The number of aryl methyl sites for hydroxylation is 1. The van der Waals surface area contributed by atoms with Crippen molar-refractivity contribution >= 4 is 5.91 Å². The zero-order valence-corrected chi connectivity index (χ0v) is 11.9. The Morgan fingerprint density at radius 1 is 1.20 bits per heavy atom. The van der Waals surface area contributed by atoms with Crippen molar-refractivity contribution in [3.63, 3.8) is 0 Å². The lowest BCUT2D eigenvalue weighted by Crippen LogP contribution is -2.28. The van der Waals surface area contributed by atoms with Crippen molar-refractivity contribution in [1.29, 1.82) is 0 Å². The fraction of sp³-hybridized carbons (Fsp3) is 0.533. The molecule has 0 heterocycles. The molecule has 5 heteroatoms. The summed E-state index contributed by atoms with van der Waals surface area (Å²) in [5.41, 5.74) is 1.26. The lowest BCUT2D eigenvalue weighted by Gasteiger charge is -2.08. The van der Waals surface area contributed by atoms with E-state index in [2.05, 4.69) is 12.2 Å². The van der Waals surface area contributed by atoms with E-state index in [0.717, 1.165) is 12.2 Å². The quantitative estimate of drug-likeness (QED) is 0.631. The number of rotatable bonds is 10. The Kier molecular flexibility index (Phi) is 8.42. The highest BCUT2D eigenvalue weighted by Gasteiger charge is 2.01. The second kappa shape index (κ2) is 10.2. The molecule has 112 valence electrons. The second-order valence-electron chi connectivity index (χ2n) is 4.28. The molecular weight excluding hydrogens is 258 g/mol. The van der Waals surface area contributed by atoms with Crippen molar-refractivity contribution in [2.75, 3.05) is 33.0 Å². The number of carbonyl (C=O) groups excluding carboxylic acids is 1. The summed E-state index contributed by atoms with van der Waals surface area (Å²) in [5, 5.41) is 11.2. The predicted octanol–water partition coefficient (Wildman–Crippen LogP) is 1.14. The third-order valence-corrected chi connectivity index (χ3v) is 2.73. The van der Waals surface area contributed by atoms with Gasteiger partial charge in [-0.1, -0.05) is 19.1 Å². The zero-order valence-electron chi connectivity index (χ0n) is 11.9. The topological polar surface area (TPSA) is 67.8 Å². The van der Waals surface area contributed by atoms with Crippen LogP contribution in [0.4, 0.5) is 0 Å². The molecule has 0 atom stereocenters. The average molecular weight is 281 g/mol. The molecule has 0 fully saturated rings. The van der Waals surface area contributed by atoms with Crippen molar-refractivity contribution in [1.82, 2.24) is 5.32 Å². The number of benzene rings is 1. The van der Waals surface area contributed by atoms with Crippen LogP contribution in [0.1, 0.15) is 18.9 Å². The van der Waals surface area contributed by atoms with Gasteiger partial charge in [-0.25, -0.2) is 0 Å². The summed E-state index contributed by atoms with van der Waals surface area (Å²) < 4.78 is 10.5. The molecule has 1 aromatic carbocycles. The van der Waals surface area contributed by atoms with Crippen molar-refractivity contribution in [2.24, 2.45) is 0 Å². The Hall–Kier alpha value is -1.59. The van der Waals surface area contributed by atoms with Crippen LogP contribution in [0.2, 0.25) is 0 Å². The van der Waals surface area contributed by atoms with E-state index < -0.39 is 0 Å². The number of aliphatic hydroxyl groups is 1. The van der Waals surface area contributed by atoms with E-state index in [1.165, 1.54) is 5.56 Å². The van der Waals surface area contributed by atoms with E-state index in [1.807, 2.05) is 24.3 Å². The third kappa shape index (κ3) is 7.11. The fourth-order valence-electron chi connectivity index (χ4n) is 1.60. The fourth-order valence-corrected chi connectivity index (χ4v) is 1.60. The van der Waals surface area contributed by atoms with E-state index in [0.29, 0.717) is 32.8 Å². The molecule has 1 aromatic rings. The molecule has 0 aliphatic carbocycles. The van der Waals surface area contributed by atoms with Crippen LogP contribution < -0.4 is 10.1 Å². The minimum atomic E-state index is -0.0669. The summed E-state index contributed by atoms with van der Waals surface area (Å²) in [7, 11) is 0. The minimum absolute atomic E-state index is 0.00138. The van der Waals surface area contributed by atoms with Crippen LogP contribution in [0.25, 0.3) is 0 Å². The van der Waals surface area contributed by atoms with Gasteiger partial charge in [-0.3, -0.25) is 4.79 Å². The SMILES string of the molecule is CCc1ccc(OCCC(=O)NCCOCCO)cc1. The van der Waals surface area contributed by atoms with Crippen molar-refractivity contribution < 1.29 is 19.4 Å². The van der Waals surface area contributed by atoms with Crippen molar-refractivity contribution in [2.45, 2.75) is 19.8 Å². The van der Waals surface area contributed by atoms with E-state index >= 15 is 0 Å². The molecule has 0 aliphatic heterocycles. The van der Waals surface area contributed by atoms with Gasteiger partial charge >= 0.3 is 0 Å². The lowest BCUT2D eigenvalue weighted by atomic mass is 10.2. The molecule has 0 radical (unpaired) electrons. The monoisotopic (exact) mass is 281 g/mol. The average Bonchev–Trinajstić information content (AvgIpc) is 2.48. The summed E-state index contributed by atoms with van der Waals surface area (Å²) >= 11 is 0. The maximum atomic E-state index is 11.5. The summed E-state index contributed by atoms with van der Waals surface area (Å²) in [5.74, 6) is 0.712. The molecule has 0 spiro atoms. The predicted molar refractivity (Wildman–Crippen MR) is 76.8 cm³/mol. The van der Waals surface area contributed by atoms with Gasteiger partial charge in [0.15, 0.2) is 0 Å². The molecule has 1 rings (SSSR count). The highest BCUT2D eigenvalue weighted by molar-refractivity contribution is 5.75. The van der Waals surface area contributed by atoms with Gasteiger partial charge in [0.25, 0.3) is 0 Å². The number of nitrogens with one attached hydrogen (secondary N) is 1. The number of amides is 1. The van der Waals surface area contributed by atoms with Crippen molar-refractivity contribution in [3.05, 3.63) is 29.8 Å². The number of hydrogen-bond acceptors (Lipinski definition) is 4. The molecule has 20 heavy (non-hydrogen) atoms. The summed E-state index contributed by atoms with van der Waals surface area (Å²) in [6.07, 6.45) is 1.32. The smallest absolute Gasteiger partial charge is 0.223 e. The zero-order chi connectivity index (χ0) is 14.6. The van der Waals surface area contributed by atoms with Gasteiger partial charge in [0.2, 0.25) is 5.91 Å². The first-order valence-corrected chi connectivity index (χ1v) is 6.93. The Bertz CT molecular complexity index is 378. The van der Waals surface area contributed by atoms with Gasteiger partial charge in [-0.05, 0) is 24.1 Å². The molecule has 0 aliphatic rings. The van der Waals surface area contributed by atoms with Gasteiger partial charge in [-0.15, -0.1) is 0 Å². The van der Waals surface area contributed by atoms with Crippen LogP contribution in [0.5, 0.6) is 5.75 Å². The van der Waals surface area contributed by atoms with E-state index in [-0.39, 0.29) is 12.5 Å². The highest BCUT2D eigenvalue weighted by Crippen LogP contribution is 2.12. The van der Waals surface area contributed by atoms with Crippen LogP contribution >= 0.6 is 0 Å². The van der Waals surface area contributed by atoms with Gasteiger partial charge in [-0.2, -0.15) is 0 Å². The molecule has 2 N–H and O–H groups in total. The standard InChI is InChI=1S/C15H23NO4/c1-2-13-3-5-14(6-4-13)20-10-7-15(18)16-8-11-19-12-9-17/h3-6,17H,2,7-12H2,1H3,(H,16,18). The van der Waals surface area contributed by atoms with E-state index in [1.54, 1.807) is 0 Å². The minimum Gasteiger partial charge on any atom is -0.493 e. The molecular formula is C15H23NO4. The molecule has 0 saturated carbocycles. The van der Waals surface area contributed by atoms with Crippen LogP contribution in [-0.2, 0) is 16.0 Å². The molecule has 5 nitrogen and oxygen atoms in total. The number of aliphatic hydroxyl groups excluding tert-OH is 1. The molecule has 0 bridgehead atoms. The summed E-state index contributed by atoms with van der Waals surface area (Å²) in [6.45, 7) is 3.61. The largest absolute Gasteiger partial charge is 0.493 e. The third-order valence-electron chi connectivity index (χ3n) is 2.73. The Morgan fingerprint density at radius 2 is 1.95 bits per heavy atom. The number of hydrogen-bond donors (Lipinski definition) is 2. The van der Waals surface area contributed by atoms with Crippen LogP contribution in [-0.4, -0.2) is 44.0 Å². The normalized spacial score (nSPS) is 10.3. The first-order valence-electron chi connectivity index (χ1n) is 6.93. The van der Waals surface area contributed by atoms with Gasteiger partial charge in [0.1, 0.15) is 5.75 Å². The summed E-state index contributed by atoms with van der Waals surface area (Å²) in [4.78, 5) is 11.5. The Balaban J connectivity index is 2.08. The van der Waals surface area contributed by atoms with Gasteiger partial charge in [0.05, 0.1) is 32.8 Å². The highest BCUT2D eigenvalue weighted by atomic mass is 16.5. The second-order valence-corrected chi connectivity index (χ2v) is 4.28. The van der Waals surface area contributed by atoms with Crippen LogP contribution in [0, 0.1) is 0 Å². The number of ether oxygens (including phenoxy) is 2. The molecule has 1 amide bonds. The van der Waals surface area contributed by atoms with Gasteiger partial charge < -0.3 is 19.9 Å². The summed E-state index contributed by atoms with van der Waals surface area (Å²) in [6, 6.07) is 7.88. The van der Waals surface area contributed by atoms with E-state index in [9.17, 15) is 4.79 Å². The molecule has 0 unspecified atom stereocenters. The van der Waals surface area contributed by atoms with E-state index in [4.69, 9.17) is 14.6 Å². The first kappa shape index (κ1) is 16.5.